The Morgan fingerprint density at radius 1 is 1.09 bits per heavy atom. The largest absolute Gasteiger partial charge is 0.491 e. The molecule has 1 heterocycles. The van der Waals surface area contributed by atoms with Gasteiger partial charge < -0.3 is 31.0 Å². The normalized spacial score (nSPS) is 18.2. The van der Waals surface area contributed by atoms with Gasteiger partial charge in [0.25, 0.3) is 5.91 Å². The third-order valence-electron chi connectivity index (χ3n) is 5.23. The average Bonchev–Trinajstić information content (AvgIpc) is 2.87. The molecule has 5 N–H and O–H groups in total. The zero-order chi connectivity index (χ0) is 24.0. The smallest absolute Gasteiger partial charge is 0.270 e. The van der Waals surface area contributed by atoms with Crippen LogP contribution in [0, 0.1) is 0 Å². The van der Waals surface area contributed by atoms with Gasteiger partial charge in [0.2, 0.25) is 0 Å². The van der Waals surface area contributed by atoms with Crippen LogP contribution < -0.4 is 21.5 Å². The Kier molecular flexibility index (Phi) is 10.5. The minimum absolute atomic E-state index is 0.199. The van der Waals surface area contributed by atoms with Crippen LogP contribution in [0.1, 0.15) is 29.8 Å². The molecule has 0 spiro atoms. The first-order valence-electron chi connectivity index (χ1n) is 11.5. The fourth-order valence-corrected chi connectivity index (χ4v) is 3.58. The number of ether oxygens (including phenoxy) is 3. The van der Waals surface area contributed by atoms with E-state index in [1.54, 1.807) is 30.6 Å². The standard InChI is InChI=1S/C25H33N5O4/c26-11-13-32-14-15-33-16-17-34-20-9-7-19(8-10-20)29-22-5-3-6-23(21(22)18-27)30-25(31)24-4-1-2-12-28-24/h1-2,4,7-10,12,18,23H,3,5-6,11,13-17,26-27H2,(H,30,31)/b21-18+,29-22?. The number of nitrogens with zero attached hydrogens (tertiary/aromatic N) is 2. The second kappa shape index (κ2) is 14.1. The van der Waals surface area contributed by atoms with E-state index in [-0.39, 0.29) is 11.9 Å². The molecule has 1 aromatic carbocycles. The van der Waals surface area contributed by atoms with Gasteiger partial charge in [-0.1, -0.05) is 6.07 Å². The van der Waals surface area contributed by atoms with Crippen molar-refractivity contribution in [3.05, 3.63) is 66.1 Å². The molecule has 1 aromatic heterocycles. The van der Waals surface area contributed by atoms with Gasteiger partial charge in [-0.05, 0) is 55.7 Å². The van der Waals surface area contributed by atoms with E-state index in [4.69, 9.17) is 30.7 Å². The molecule has 1 unspecified atom stereocenters. The van der Waals surface area contributed by atoms with Crippen molar-refractivity contribution in [2.75, 3.05) is 39.6 Å². The molecule has 1 fully saturated rings. The Balaban J connectivity index is 1.51. The molecule has 182 valence electrons. The maximum atomic E-state index is 12.5. The molecule has 0 bridgehead atoms. The van der Waals surface area contributed by atoms with Crippen LogP contribution in [0.15, 0.2) is 65.4 Å². The molecule has 0 saturated heterocycles. The second-order valence-corrected chi connectivity index (χ2v) is 7.67. The van der Waals surface area contributed by atoms with Gasteiger partial charge in [0.15, 0.2) is 0 Å². The number of amides is 1. The maximum absolute atomic E-state index is 12.5. The molecule has 0 aliphatic heterocycles. The summed E-state index contributed by atoms with van der Waals surface area (Å²) >= 11 is 0. The molecule has 1 aliphatic carbocycles. The van der Waals surface area contributed by atoms with E-state index in [0.717, 1.165) is 42.0 Å². The van der Waals surface area contributed by atoms with Crippen molar-refractivity contribution in [1.29, 1.82) is 0 Å². The van der Waals surface area contributed by atoms with Crippen molar-refractivity contribution < 1.29 is 19.0 Å². The van der Waals surface area contributed by atoms with Gasteiger partial charge in [-0.25, -0.2) is 0 Å². The van der Waals surface area contributed by atoms with Gasteiger partial charge in [-0.3, -0.25) is 14.8 Å². The van der Waals surface area contributed by atoms with Crippen molar-refractivity contribution in [2.45, 2.75) is 25.3 Å². The monoisotopic (exact) mass is 467 g/mol. The Morgan fingerprint density at radius 3 is 2.56 bits per heavy atom. The van der Waals surface area contributed by atoms with Crippen LogP contribution in [0.4, 0.5) is 5.69 Å². The zero-order valence-electron chi connectivity index (χ0n) is 19.3. The predicted octanol–water partition coefficient (Wildman–Crippen LogP) is 2.35. The van der Waals surface area contributed by atoms with Crippen molar-refractivity contribution in [3.63, 3.8) is 0 Å². The number of nitrogens with one attached hydrogen (secondary N) is 1. The summed E-state index contributed by atoms with van der Waals surface area (Å²) in [6.07, 6.45) is 5.64. The molecular formula is C25H33N5O4. The summed E-state index contributed by atoms with van der Waals surface area (Å²) in [4.78, 5) is 21.4. The van der Waals surface area contributed by atoms with Crippen LogP contribution in [-0.2, 0) is 9.47 Å². The molecule has 1 aliphatic rings. The number of hydrogen-bond acceptors (Lipinski definition) is 8. The van der Waals surface area contributed by atoms with Crippen molar-refractivity contribution in [3.8, 4) is 5.75 Å². The van der Waals surface area contributed by atoms with Gasteiger partial charge in [0, 0.05) is 30.2 Å². The molecule has 34 heavy (non-hydrogen) atoms. The quantitative estimate of drug-likeness (QED) is 0.408. The molecule has 1 saturated carbocycles. The Hall–Kier alpha value is -3.27. The van der Waals surface area contributed by atoms with Gasteiger partial charge in [-0.2, -0.15) is 0 Å². The highest BCUT2D eigenvalue weighted by Gasteiger charge is 2.26. The summed E-state index contributed by atoms with van der Waals surface area (Å²) in [5.74, 6) is 0.519. The number of benzene rings is 1. The summed E-state index contributed by atoms with van der Waals surface area (Å²) in [6, 6.07) is 12.6. The van der Waals surface area contributed by atoms with Crippen LogP contribution in [0.3, 0.4) is 0 Å². The summed E-state index contributed by atoms with van der Waals surface area (Å²) in [6.45, 7) is 3.02. The lowest BCUT2D eigenvalue weighted by molar-refractivity contribution is 0.0388. The van der Waals surface area contributed by atoms with E-state index in [0.29, 0.717) is 45.3 Å². The van der Waals surface area contributed by atoms with Gasteiger partial charge >= 0.3 is 0 Å². The highest BCUT2D eigenvalue weighted by molar-refractivity contribution is 6.04. The van der Waals surface area contributed by atoms with E-state index in [1.807, 2.05) is 24.3 Å². The summed E-state index contributed by atoms with van der Waals surface area (Å²) in [5.41, 5.74) is 14.2. The third kappa shape index (κ3) is 7.95. The summed E-state index contributed by atoms with van der Waals surface area (Å²) in [5, 5.41) is 3.03. The van der Waals surface area contributed by atoms with E-state index in [2.05, 4.69) is 10.3 Å². The van der Waals surface area contributed by atoms with Crippen molar-refractivity contribution >= 4 is 17.3 Å². The summed E-state index contributed by atoms with van der Waals surface area (Å²) < 4.78 is 16.4. The lowest BCUT2D eigenvalue weighted by Crippen LogP contribution is -2.41. The molecule has 2 aromatic rings. The van der Waals surface area contributed by atoms with E-state index < -0.39 is 0 Å². The summed E-state index contributed by atoms with van der Waals surface area (Å²) in [7, 11) is 0. The number of aromatic nitrogens is 1. The highest BCUT2D eigenvalue weighted by Crippen LogP contribution is 2.26. The van der Waals surface area contributed by atoms with Crippen LogP contribution in [-0.4, -0.2) is 62.2 Å². The zero-order valence-corrected chi connectivity index (χ0v) is 19.3. The lowest BCUT2D eigenvalue weighted by atomic mass is 9.88. The molecule has 3 rings (SSSR count). The molecule has 9 heteroatoms. The minimum Gasteiger partial charge on any atom is -0.491 e. The minimum atomic E-state index is -0.222. The number of carbonyl (C=O) groups excluding carboxylic acids is 1. The fourth-order valence-electron chi connectivity index (χ4n) is 3.58. The first-order chi connectivity index (χ1) is 16.7. The second-order valence-electron chi connectivity index (χ2n) is 7.67. The molecule has 0 radical (unpaired) electrons. The highest BCUT2D eigenvalue weighted by atomic mass is 16.5. The van der Waals surface area contributed by atoms with Crippen molar-refractivity contribution in [2.24, 2.45) is 16.5 Å². The van der Waals surface area contributed by atoms with Crippen molar-refractivity contribution in [1.82, 2.24) is 10.3 Å². The lowest BCUT2D eigenvalue weighted by Gasteiger charge is -2.27. The molecule has 1 atom stereocenters. The number of rotatable bonds is 12. The van der Waals surface area contributed by atoms with E-state index in [9.17, 15) is 4.79 Å². The van der Waals surface area contributed by atoms with Crippen LogP contribution >= 0.6 is 0 Å². The Morgan fingerprint density at radius 2 is 1.85 bits per heavy atom. The van der Waals surface area contributed by atoms with Crippen LogP contribution in [0.25, 0.3) is 0 Å². The van der Waals surface area contributed by atoms with Gasteiger partial charge in [0.05, 0.1) is 38.2 Å². The number of carbonyl (C=O) groups is 1. The number of pyridine rings is 1. The van der Waals surface area contributed by atoms with E-state index >= 15 is 0 Å². The van der Waals surface area contributed by atoms with E-state index in [1.165, 1.54) is 0 Å². The first-order valence-corrected chi connectivity index (χ1v) is 11.5. The Labute approximate surface area is 200 Å². The number of aliphatic imine (C=N–C) groups is 1. The predicted molar refractivity (Wildman–Crippen MR) is 131 cm³/mol. The fraction of sp³-hybridized carbons (Fsp3) is 0.400. The molecule has 9 nitrogen and oxygen atoms in total. The maximum Gasteiger partial charge on any atom is 0.270 e. The SMILES string of the molecule is N/C=C1\C(=Nc2ccc(OCCOCCOCCN)cc2)CCCC1NC(=O)c1ccccn1. The molecule has 1 amide bonds. The Bertz CT molecular complexity index is 948. The molecular weight excluding hydrogens is 434 g/mol. The van der Waals surface area contributed by atoms with Gasteiger partial charge in [0.1, 0.15) is 18.1 Å². The van der Waals surface area contributed by atoms with Crippen LogP contribution in [0.5, 0.6) is 5.75 Å². The van der Waals surface area contributed by atoms with Crippen LogP contribution in [0.2, 0.25) is 0 Å². The van der Waals surface area contributed by atoms with Gasteiger partial charge in [-0.15, -0.1) is 0 Å². The number of nitrogens with two attached hydrogens (primary N) is 2. The average molecular weight is 468 g/mol. The topological polar surface area (TPSA) is 134 Å². The number of hydrogen-bond donors (Lipinski definition) is 3. The first kappa shape index (κ1) is 25.4. The third-order valence-corrected chi connectivity index (χ3v) is 5.23.